The predicted octanol–water partition coefficient (Wildman–Crippen LogP) is 3.52. The van der Waals surface area contributed by atoms with Gasteiger partial charge in [0.05, 0.1) is 21.4 Å². The number of sulfonamides is 1. The summed E-state index contributed by atoms with van der Waals surface area (Å²) in [5.74, 6) is -2.48. The molecule has 10 nitrogen and oxygen atoms in total. The highest BCUT2D eigenvalue weighted by Gasteiger charge is 2.47. The Bertz CT molecular complexity index is 1480. The second kappa shape index (κ2) is 8.95. The number of rotatable bonds is 5. The molecule has 4 rings (SSSR count). The molecule has 1 heterocycles. The summed E-state index contributed by atoms with van der Waals surface area (Å²) in [6.07, 6.45) is 0. The highest BCUT2D eigenvalue weighted by Crippen LogP contribution is 2.42. The van der Waals surface area contributed by atoms with Crippen molar-refractivity contribution in [1.29, 1.82) is 0 Å². The van der Waals surface area contributed by atoms with Gasteiger partial charge in [-0.1, -0.05) is 23.7 Å². The van der Waals surface area contributed by atoms with Gasteiger partial charge in [0.2, 0.25) is 10.0 Å². The van der Waals surface area contributed by atoms with E-state index in [0.29, 0.717) is 10.6 Å². The zero-order valence-electron chi connectivity index (χ0n) is 17.7. The van der Waals surface area contributed by atoms with Crippen LogP contribution in [0.4, 0.5) is 11.4 Å². The lowest BCUT2D eigenvalue weighted by atomic mass is 9.95. The van der Waals surface area contributed by atoms with Gasteiger partial charge in [0.1, 0.15) is 5.76 Å². The van der Waals surface area contributed by atoms with Gasteiger partial charge in [0.15, 0.2) is 0 Å². The third-order valence-corrected chi connectivity index (χ3v) is 6.61. The number of ketones is 1. The number of primary sulfonamides is 1. The smallest absolute Gasteiger partial charge is 0.300 e. The minimum absolute atomic E-state index is 0.0946. The lowest BCUT2D eigenvalue weighted by Crippen LogP contribution is -2.29. The Kier molecular flexibility index (Phi) is 6.15. The molecule has 178 valence electrons. The molecule has 1 saturated heterocycles. The van der Waals surface area contributed by atoms with Crippen molar-refractivity contribution in [3.8, 4) is 0 Å². The molecular weight excluding hydrogens is 498 g/mol. The largest absolute Gasteiger partial charge is 0.507 e. The summed E-state index contributed by atoms with van der Waals surface area (Å²) < 4.78 is 23.2. The molecule has 1 unspecified atom stereocenters. The second-order valence-corrected chi connectivity index (χ2v) is 9.56. The number of halogens is 1. The van der Waals surface area contributed by atoms with Crippen molar-refractivity contribution in [2.45, 2.75) is 10.9 Å². The van der Waals surface area contributed by atoms with Crippen LogP contribution >= 0.6 is 11.6 Å². The van der Waals surface area contributed by atoms with Crippen molar-refractivity contribution in [2.75, 3.05) is 4.90 Å². The molecule has 0 bridgehead atoms. The molecule has 3 N–H and O–H groups in total. The van der Waals surface area contributed by atoms with E-state index in [1.165, 1.54) is 36.4 Å². The molecule has 12 heteroatoms. The van der Waals surface area contributed by atoms with E-state index in [2.05, 4.69) is 0 Å². The topological polar surface area (TPSA) is 161 Å². The number of benzene rings is 3. The number of non-ortho nitro benzene ring substituents is 1. The van der Waals surface area contributed by atoms with Crippen LogP contribution in [0.3, 0.4) is 0 Å². The molecule has 0 spiro atoms. The van der Waals surface area contributed by atoms with Crippen molar-refractivity contribution >= 4 is 50.4 Å². The van der Waals surface area contributed by atoms with E-state index < -0.39 is 38.4 Å². The standard InChI is InChI=1S/C23H16ClN3O7S/c24-15-5-1-13(2-6-15)20-19(21(28)14-3-7-17(8-4-14)27(31)32)22(29)23(30)26(20)16-9-11-18(12-10-16)35(25,33)34/h1-12,20,28H,(H2,25,33,34). The number of aliphatic hydroxyl groups is 1. The Morgan fingerprint density at radius 3 is 2.06 bits per heavy atom. The maximum Gasteiger partial charge on any atom is 0.300 e. The first kappa shape index (κ1) is 24.1. The summed E-state index contributed by atoms with van der Waals surface area (Å²) in [5, 5.41) is 27.5. The Balaban J connectivity index is 1.90. The van der Waals surface area contributed by atoms with Crippen molar-refractivity contribution in [3.05, 3.63) is 105 Å². The summed E-state index contributed by atoms with van der Waals surface area (Å²) in [5.41, 5.74) is 0.250. The first-order valence-corrected chi connectivity index (χ1v) is 11.9. The van der Waals surface area contributed by atoms with E-state index in [-0.39, 0.29) is 27.4 Å². The van der Waals surface area contributed by atoms with E-state index >= 15 is 0 Å². The first-order valence-electron chi connectivity index (χ1n) is 9.93. The fourth-order valence-electron chi connectivity index (χ4n) is 3.75. The summed E-state index contributed by atoms with van der Waals surface area (Å²) in [4.78, 5) is 37.5. The maximum absolute atomic E-state index is 13.1. The molecule has 3 aromatic rings. The van der Waals surface area contributed by atoms with Crippen LogP contribution in [0.2, 0.25) is 5.02 Å². The normalized spacial score (nSPS) is 17.5. The van der Waals surface area contributed by atoms with Crippen LogP contribution in [0.15, 0.2) is 83.3 Å². The Hall–Kier alpha value is -4.06. The Morgan fingerprint density at radius 2 is 1.54 bits per heavy atom. The molecule has 1 aliphatic rings. The van der Waals surface area contributed by atoms with Crippen LogP contribution in [0.25, 0.3) is 5.76 Å². The third kappa shape index (κ3) is 4.52. The highest BCUT2D eigenvalue weighted by atomic mass is 35.5. The number of nitro groups is 1. The highest BCUT2D eigenvalue weighted by molar-refractivity contribution is 7.89. The van der Waals surface area contributed by atoms with Gasteiger partial charge in [-0.3, -0.25) is 24.6 Å². The number of carbonyl (C=O) groups excluding carboxylic acids is 2. The molecule has 1 fully saturated rings. The van der Waals surface area contributed by atoms with E-state index in [0.717, 1.165) is 17.0 Å². The molecule has 35 heavy (non-hydrogen) atoms. The monoisotopic (exact) mass is 513 g/mol. The second-order valence-electron chi connectivity index (χ2n) is 7.56. The van der Waals surface area contributed by atoms with Crippen LogP contribution in [-0.4, -0.2) is 30.1 Å². The lowest BCUT2D eigenvalue weighted by Gasteiger charge is -2.25. The fraction of sp³-hybridized carbons (Fsp3) is 0.0435. The molecule has 3 aromatic carbocycles. The predicted molar refractivity (Wildman–Crippen MR) is 127 cm³/mol. The average Bonchev–Trinajstić information content (AvgIpc) is 3.09. The minimum Gasteiger partial charge on any atom is -0.507 e. The van der Waals surface area contributed by atoms with E-state index in [1.54, 1.807) is 24.3 Å². The van der Waals surface area contributed by atoms with Gasteiger partial charge in [0.25, 0.3) is 17.4 Å². The molecule has 1 amide bonds. The van der Waals surface area contributed by atoms with Crippen LogP contribution in [-0.2, 0) is 19.6 Å². The van der Waals surface area contributed by atoms with Crippen LogP contribution in [0.1, 0.15) is 17.2 Å². The van der Waals surface area contributed by atoms with Gasteiger partial charge in [-0.25, -0.2) is 13.6 Å². The number of anilines is 1. The van der Waals surface area contributed by atoms with Gasteiger partial charge in [-0.05, 0) is 54.1 Å². The number of hydrogen-bond acceptors (Lipinski definition) is 7. The number of aliphatic hydroxyl groups excluding tert-OH is 1. The Morgan fingerprint density at radius 1 is 0.971 bits per heavy atom. The van der Waals surface area contributed by atoms with Gasteiger partial charge in [-0.15, -0.1) is 0 Å². The fourth-order valence-corrected chi connectivity index (χ4v) is 4.39. The van der Waals surface area contributed by atoms with Gasteiger partial charge < -0.3 is 5.11 Å². The molecule has 0 radical (unpaired) electrons. The lowest BCUT2D eigenvalue weighted by molar-refractivity contribution is -0.384. The zero-order valence-corrected chi connectivity index (χ0v) is 19.2. The van der Waals surface area contributed by atoms with Crippen molar-refractivity contribution in [1.82, 2.24) is 0 Å². The molecule has 1 aliphatic heterocycles. The van der Waals surface area contributed by atoms with Crippen molar-refractivity contribution in [2.24, 2.45) is 5.14 Å². The van der Waals surface area contributed by atoms with Crippen LogP contribution in [0, 0.1) is 10.1 Å². The number of hydrogen-bond donors (Lipinski definition) is 2. The summed E-state index contributed by atoms with van der Waals surface area (Å²) in [6.45, 7) is 0. The van der Waals surface area contributed by atoms with E-state index in [1.807, 2.05) is 0 Å². The first-order chi connectivity index (χ1) is 16.5. The minimum atomic E-state index is -3.99. The van der Waals surface area contributed by atoms with E-state index in [4.69, 9.17) is 16.7 Å². The van der Waals surface area contributed by atoms with Crippen LogP contribution in [0.5, 0.6) is 0 Å². The number of nitro benzene ring substituents is 1. The van der Waals surface area contributed by atoms with Crippen LogP contribution < -0.4 is 10.0 Å². The van der Waals surface area contributed by atoms with E-state index in [9.17, 15) is 33.2 Å². The zero-order chi connectivity index (χ0) is 25.5. The summed E-state index contributed by atoms with van der Waals surface area (Å²) >= 11 is 5.99. The van der Waals surface area contributed by atoms with Crippen molar-refractivity contribution in [3.63, 3.8) is 0 Å². The third-order valence-electron chi connectivity index (χ3n) is 5.43. The van der Waals surface area contributed by atoms with Gasteiger partial charge in [0, 0.05) is 28.4 Å². The van der Waals surface area contributed by atoms with Gasteiger partial charge in [-0.2, -0.15) is 0 Å². The maximum atomic E-state index is 13.1. The molecule has 1 atom stereocenters. The number of Topliss-reactive ketones (excluding diaryl/α,β-unsaturated/α-hetero) is 1. The molecule has 0 aromatic heterocycles. The number of nitrogens with zero attached hydrogens (tertiary/aromatic N) is 2. The molecule has 0 aliphatic carbocycles. The van der Waals surface area contributed by atoms with Gasteiger partial charge >= 0.3 is 0 Å². The summed E-state index contributed by atoms with van der Waals surface area (Å²) in [6, 6.07) is 15.0. The Labute approximate surface area is 204 Å². The summed E-state index contributed by atoms with van der Waals surface area (Å²) in [7, 11) is -3.99. The molecule has 0 saturated carbocycles. The quantitative estimate of drug-likeness (QED) is 0.173. The SMILES string of the molecule is NS(=O)(=O)c1ccc(N2C(=O)C(=O)C(=C(O)c3ccc([N+](=O)[O-])cc3)C2c2ccc(Cl)cc2)cc1. The van der Waals surface area contributed by atoms with Crippen molar-refractivity contribution < 1.29 is 28.0 Å². The number of amides is 1. The molecular formula is C23H16ClN3O7S. The number of nitrogens with two attached hydrogens (primary N) is 1. The average molecular weight is 514 g/mol. The number of carbonyl (C=O) groups is 2.